The van der Waals surface area contributed by atoms with Gasteiger partial charge in [0.2, 0.25) is 0 Å². The van der Waals surface area contributed by atoms with Crippen LogP contribution in [0.25, 0.3) is 0 Å². The van der Waals surface area contributed by atoms with Gasteiger partial charge in [0.05, 0.1) is 17.6 Å². The molecule has 6 nitrogen and oxygen atoms in total. The fourth-order valence-electron chi connectivity index (χ4n) is 6.80. The molecule has 0 spiro atoms. The van der Waals surface area contributed by atoms with Gasteiger partial charge in [0.15, 0.2) is 0 Å². The maximum atomic E-state index is 13.8. The molecular formula is C29H41N3O3S. The number of thiophene rings is 1. The van der Waals surface area contributed by atoms with Crippen molar-refractivity contribution in [2.75, 3.05) is 33.3 Å². The highest BCUT2D eigenvalue weighted by Crippen LogP contribution is 2.44. The number of nitrogens with zero attached hydrogens (tertiary/aromatic N) is 3. The van der Waals surface area contributed by atoms with Crippen LogP contribution in [0.2, 0.25) is 0 Å². The van der Waals surface area contributed by atoms with Crippen LogP contribution in [0.4, 0.5) is 0 Å². The minimum absolute atomic E-state index is 0.107. The standard InChI is InChI=1S/C29H41N3O3S/c1-17-13-18(2)30-28(33)24(17)16-31-12-6-7-25-26(29(31)34)20(4)27(36-25)19(3)21-8-10-22(11-9-21)32-14-23(15-32)35-5/h13,19,21-24H,6-12,14-16H2,1-5H3/t19-,21?,22?,24?/m1/s1. The van der Waals surface area contributed by atoms with Gasteiger partial charge in [-0.3, -0.25) is 14.5 Å². The Bertz CT molecular complexity index is 1080. The molecule has 0 radical (unpaired) electrons. The summed E-state index contributed by atoms with van der Waals surface area (Å²) in [5.74, 6) is 0.831. The van der Waals surface area contributed by atoms with Crippen molar-refractivity contribution in [2.45, 2.75) is 84.3 Å². The molecule has 3 aliphatic heterocycles. The molecule has 1 aromatic heterocycles. The van der Waals surface area contributed by atoms with Gasteiger partial charge in [-0.25, -0.2) is 4.99 Å². The Morgan fingerprint density at radius 2 is 1.86 bits per heavy atom. The van der Waals surface area contributed by atoms with Crippen LogP contribution in [-0.4, -0.2) is 72.8 Å². The average Bonchev–Trinajstić information content (AvgIpc) is 3.06. The van der Waals surface area contributed by atoms with Gasteiger partial charge in [-0.15, -0.1) is 11.3 Å². The predicted molar refractivity (Wildman–Crippen MR) is 145 cm³/mol. The van der Waals surface area contributed by atoms with E-state index in [0.717, 1.165) is 42.8 Å². The fourth-order valence-corrected chi connectivity index (χ4v) is 8.28. The Morgan fingerprint density at radius 3 is 2.53 bits per heavy atom. The SMILES string of the molecule is COC1CN(C2CCC([C@@H](C)c3sc4c(c3C)C(=O)N(CC3C(=O)N=C(C)C=C3C)CCC4)CC2)C1. The quantitative estimate of drug-likeness (QED) is 0.539. The van der Waals surface area contributed by atoms with E-state index in [1.165, 1.54) is 41.0 Å². The Morgan fingerprint density at radius 1 is 1.14 bits per heavy atom. The van der Waals surface area contributed by atoms with E-state index in [4.69, 9.17) is 4.74 Å². The van der Waals surface area contributed by atoms with Gasteiger partial charge in [0, 0.05) is 54.8 Å². The summed E-state index contributed by atoms with van der Waals surface area (Å²) in [6, 6.07) is 0.712. The second kappa shape index (κ2) is 10.5. The Balaban J connectivity index is 1.27. The van der Waals surface area contributed by atoms with Crippen molar-refractivity contribution in [3.63, 3.8) is 0 Å². The normalized spacial score (nSPS) is 28.8. The zero-order valence-corrected chi connectivity index (χ0v) is 23.3. The number of allylic oxidation sites excluding steroid dienone is 1. The van der Waals surface area contributed by atoms with Crippen LogP contribution in [0.3, 0.4) is 0 Å². The number of carbonyl (C=O) groups is 2. The van der Waals surface area contributed by atoms with Gasteiger partial charge in [-0.05, 0) is 82.8 Å². The van der Waals surface area contributed by atoms with Gasteiger partial charge >= 0.3 is 0 Å². The van der Waals surface area contributed by atoms with Gasteiger partial charge in [-0.2, -0.15) is 0 Å². The zero-order valence-electron chi connectivity index (χ0n) is 22.5. The molecule has 2 fully saturated rings. The van der Waals surface area contributed by atoms with Crippen molar-refractivity contribution in [3.8, 4) is 0 Å². The monoisotopic (exact) mass is 511 g/mol. The summed E-state index contributed by atoms with van der Waals surface area (Å²) < 4.78 is 5.46. The number of rotatable bonds is 6. The molecule has 4 heterocycles. The number of hydrogen-bond donors (Lipinski definition) is 0. The first-order chi connectivity index (χ1) is 17.3. The third-order valence-corrected chi connectivity index (χ3v) is 10.7. The molecule has 4 aliphatic rings. The second-order valence-electron chi connectivity index (χ2n) is 11.4. The van der Waals surface area contributed by atoms with Crippen molar-refractivity contribution in [2.24, 2.45) is 16.8 Å². The third-order valence-electron chi connectivity index (χ3n) is 9.15. The highest BCUT2D eigenvalue weighted by Gasteiger charge is 2.38. The number of amides is 2. The first-order valence-corrected chi connectivity index (χ1v) is 14.5. The summed E-state index contributed by atoms with van der Waals surface area (Å²) in [5.41, 5.74) is 3.86. The summed E-state index contributed by atoms with van der Waals surface area (Å²) in [5, 5.41) is 0. The molecule has 7 heteroatoms. The molecule has 1 aliphatic carbocycles. The summed E-state index contributed by atoms with van der Waals surface area (Å²) in [6.45, 7) is 11.7. The van der Waals surface area contributed by atoms with Crippen LogP contribution < -0.4 is 0 Å². The van der Waals surface area contributed by atoms with E-state index in [2.05, 4.69) is 23.7 Å². The van der Waals surface area contributed by atoms with E-state index >= 15 is 0 Å². The molecule has 2 atom stereocenters. The van der Waals surface area contributed by atoms with Crippen molar-refractivity contribution in [3.05, 3.63) is 32.5 Å². The number of aryl methyl sites for hydroxylation is 1. The summed E-state index contributed by atoms with van der Waals surface area (Å²) in [6.07, 6.45) is 9.36. The van der Waals surface area contributed by atoms with Crippen molar-refractivity contribution in [1.82, 2.24) is 9.80 Å². The number of dihydropyridines is 1. The van der Waals surface area contributed by atoms with Crippen molar-refractivity contribution < 1.29 is 14.3 Å². The molecular weight excluding hydrogens is 470 g/mol. The molecule has 0 bridgehead atoms. The number of carbonyl (C=O) groups excluding carboxylic acids is 2. The highest BCUT2D eigenvalue weighted by atomic mass is 32.1. The largest absolute Gasteiger partial charge is 0.379 e. The van der Waals surface area contributed by atoms with Crippen LogP contribution in [0.1, 0.15) is 84.5 Å². The molecule has 0 aromatic carbocycles. The summed E-state index contributed by atoms with van der Waals surface area (Å²) in [4.78, 5) is 37.7. The van der Waals surface area contributed by atoms with Crippen LogP contribution >= 0.6 is 11.3 Å². The lowest BCUT2D eigenvalue weighted by Crippen LogP contribution is -2.56. The molecule has 1 saturated carbocycles. The molecule has 36 heavy (non-hydrogen) atoms. The van der Waals surface area contributed by atoms with E-state index in [0.29, 0.717) is 37.1 Å². The first-order valence-electron chi connectivity index (χ1n) is 13.7. The van der Waals surface area contributed by atoms with E-state index < -0.39 is 0 Å². The van der Waals surface area contributed by atoms with E-state index in [1.54, 1.807) is 0 Å². The Labute approximate surface area is 219 Å². The number of likely N-dealkylation sites (tertiary alicyclic amines) is 1. The third kappa shape index (κ3) is 4.86. The minimum atomic E-state index is -0.322. The zero-order chi connectivity index (χ0) is 25.6. The Hall–Kier alpha value is -1.83. The van der Waals surface area contributed by atoms with Gasteiger partial charge in [0.1, 0.15) is 0 Å². The lowest BCUT2D eigenvalue weighted by Gasteiger charge is -2.46. The number of methoxy groups -OCH3 is 1. The van der Waals surface area contributed by atoms with Crippen molar-refractivity contribution >= 4 is 28.9 Å². The van der Waals surface area contributed by atoms with Crippen LogP contribution in [-0.2, 0) is 16.0 Å². The van der Waals surface area contributed by atoms with Crippen LogP contribution in [0.15, 0.2) is 16.6 Å². The molecule has 1 saturated heterocycles. The molecule has 2 amide bonds. The molecule has 1 aromatic rings. The smallest absolute Gasteiger partial charge is 0.255 e. The van der Waals surface area contributed by atoms with E-state index in [1.807, 2.05) is 43.3 Å². The summed E-state index contributed by atoms with van der Waals surface area (Å²) in [7, 11) is 1.82. The van der Waals surface area contributed by atoms with E-state index in [9.17, 15) is 9.59 Å². The lowest BCUT2D eigenvalue weighted by atomic mass is 9.76. The first kappa shape index (κ1) is 25.8. The summed E-state index contributed by atoms with van der Waals surface area (Å²) >= 11 is 1.88. The maximum Gasteiger partial charge on any atom is 0.255 e. The van der Waals surface area contributed by atoms with E-state index in [-0.39, 0.29) is 17.7 Å². The maximum absolute atomic E-state index is 13.8. The second-order valence-corrected chi connectivity index (χ2v) is 12.6. The molecule has 196 valence electrons. The number of ether oxygens (including phenoxy) is 1. The molecule has 5 rings (SSSR count). The van der Waals surface area contributed by atoms with Crippen LogP contribution in [0, 0.1) is 18.8 Å². The molecule has 1 unspecified atom stereocenters. The fraction of sp³-hybridized carbons (Fsp3) is 0.690. The van der Waals surface area contributed by atoms with Gasteiger partial charge < -0.3 is 9.64 Å². The Kier molecular flexibility index (Phi) is 7.53. The van der Waals surface area contributed by atoms with Gasteiger partial charge in [-0.1, -0.05) is 12.5 Å². The predicted octanol–water partition coefficient (Wildman–Crippen LogP) is 5.00. The number of hydrogen-bond acceptors (Lipinski definition) is 5. The highest BCUT2D eigenvalue weighted by molar-refractivity contribution is 7.12. The average molecular weight is 512 g/mol. The molecule has 0 N–H and O–H groups in total. The lowest BCUT2D eigenvalue weighted by molar-refractivity contribution is -0.120. The number of fused-ring (bicyclic) bond motifs is 1. The topological polar surface area (TPSA) is 62.2 Å². The number of aliphatic imine (C=N–C) groups is 1. The van der Waals surface area contributed by atoms with Gasteiger partial charge in [0.25, 0.3) is 11.8 Å². The van der Waals surface area contributed by atoms with Crippen LogP contribution in [0.5, 0.6) is 0 Å². The van der Waals surface area contributed by atoms with Crippen molar-refractivity contribution in [1.29, 1.82) is 0 Å². The minimum Gasteiger partial charge on any atom is -0.379 e.